The summed E-state index contributed by atoms with van der Waals surface area (Å²) < 4.78 is 6.16. The van der Waals surface area contributed by atoms with Gasteiger partial charge >= 0.3 is 0 Å². The SMILES string of the molecule is c1ccc(-c2nc(-c3ccc(-c4cccc5oc6ccccc6c45)cc3)nc(-c3cncc4c3ccc3ccc5ccccc5c34)n2)cc1. The summed E-state index contributed by atoms with van der Waals surface area (Å²) in [5.74, 6) is 1.80. The Labute approximate surface area is 281 Å². The number of rotatable bonds is 4. The maximum absolute atomic E-state index is 6.16. The topological polar surface area (TPSA) is 64.7 Å². The second-order valence-electron chi connectivity index (χ2n) is 12.3. The minimum atomic E-state index is 0.584. The molecule has 228 valence electrons. The van der Waals surface area contributed by atoms with Crippen LogP contribution in [0.1, 0.15) is 0 Å². The van der Waals surface area contributed by atoms with Crippen LogP contribution in [0.4, 0.5) is 0 Å². The summed E-state index contributed by atoms with van der Waals surface area (Å²) in [6, 6.07) is 50.1. The van der Waals surface area contributed by atoms with Gasteiger partial charge in [-0.1, -0.05) is 133 Å². The van der Waals surface area contributed by atoms with Gasteiger partial charge in [0.2, 0.25) is 0 Å². The first-order valence-electron chi connectivity index (χ1n) is 16.3. The van der Waals surface area contributed by atoms with E-state index in [1.807, 2.05) is 67.0 Å². The first-order chi connectivity index (χ1) is 24.3. The number of pyridine rings is 1. The molecule has 7 aromatic carbocycles. The van der Waals surface area contributed by atoms with E-state index in [9.17, 15) is 0 Å². The zero-order valence-corrected chi connectivity index (χ0v) is 26.2. The Morgan fingerprint density at radius 1 is 0.347 bits per heavy atom. The molecule has 0 saturated carbocycles. The van der Waals surface area contributed by atoms with Crippen LogP contribution < -0.4 is 0 Å². The standard InChI is InChI=1S/C44H26N4O/c1-2-10-30(11-3-1)42-46-43(31-21-18-28(19-22-31)33-14-8-16-39-41(33)35-13-6-7-15-38(35)49-39)48-44(47-42)37-26-45-25-36-34(37)24-23-29-20-17-27-9-4-5-12-32(27)40(29)36/h1-26H. The van der Waals surface area contributed by atoms with Crippen LogP contribution in [0.25, 0.3) is 99.5 Å². The average molecular weight is 627 g/mol. The second kappa shape index (κ2) is 10.9. The van der Waals surface area contributed by atoms with Crippen molar-refractivity contribution >= 4 is 54.3 Å². The lowest BCUT2D eigenvalue weighted by Crippen LogP contribution is -2.01. The summed E-state index contributed by atoms with van der Waals surface area (Å²) in [4.78, 5) is 19.9. The fourth-order valence-electron chi connectivity index (χ4n) is 7.08. The molecule has 0 aliphatic rings. The Morgan fingerprint density at radius 2 is 1.00 bits per heavy atom. The highest BCUT2D eigenvalue weighted by Gasteiger charge is 2.17. The predicted octanol–water partition coefficient (Wildman–Crippen LogP) is 11.3. The Hall–Kier alpha value is -6.72. The minimum absolute atomic E-state index is 0.584. The van der Waals surface area contributed by atoms with E-state index in [0.717, 1.165) is 60.5 Å². The van der Waals surface area contributed by atoms with Gasteiger partial charge in [0.1, 0.15) is 11.2 Å². The zero-order valence-electron chi connectivity index (χ0n) is 26.2. The summed E-state index contributed by atoms with van der Waals surface area (Å²) in [6.07, 6.45) is 3.82. The number of hydrogen-bond donors (Lipinski definition) is 0. The van der Waals surface area contributed by atoms with Crippen molar-refractivity contribution in [3.63, 3.8) is 0 Å². The van der Waals surface area contributed by atoms with Gasteiger partial charge in [0.25, 0.3) is 0 Å². The molecule has 5 nitrogen and oxygen atoms in total. The third-order valence-electron chi connectivity index (χ3n) is 9.41. The normalized spacial score (nSPS) is 11.7. The van der Waals surface area contributed by atoms with Crippen molar-refractivity contribution in [3.05, 3.63) is 158 Å². The molecule has 10 rings (SSSR count). The predicted molar refractivity (Wildman–Crippen MR) is 199 cm³/mol. The van der Waals surface area contributed by atoms with Gasteiger partial charge in [-0.2, -0.15) is 0 Å². The number of nitrogens with zero attached hydrogens (tertiary/aromatic N) is 4. The van der Waals surface area contributed by atoms with Crippen LogP contribution in [0.15, 0.2) is 162 Å². The molecule has 0 amide bonds. The van der Waals surface area contributed by atoms with Crippen LogP contribution in [0.3, 0.4) is 0 Å². The molecule has 0 atom stereocenters. The van der Waals surface area contributed by atoms with E-state index in [-0.39, 0.29) is 0 Å². The highest BCUT2D eigenvalue weighted by atomic mass is 16.3. The van der Waals surface area contributed by atoms with Crippen molar-refractivity contribution in [2.75, 3.05) is 0 Å². The molecule has 0 N–H and O–H groups in total. The molecule has 0 aliphatic carbocycles. The highest BCUT2D eigenvalue weighted by Crippen LogP contribution is 2.38. The van der Waals surface area contributed by atoms with Crippen molar-refractivity contribution in [1.82, 2.24) is 19.9 Å². The summed E-state index contributed by atoms with van der Waals surface area (Å²) in [6.45, 7) is 0. The molecule has 10 aromatic rings. The molecule has 3 aromatic heterocycles. The molecule has 5 heteroatoms. The number of benzene rings is 7. The summed E-state index contributed by atoms with van der Waals surface area (Å²) >= 11 is 0. The monoisotopic (exact) mass is 626 g/mol. The largest absolute Gasteiger partial charge is 0.456 e. The fourth-order valence-corrected chi connectivity index (χ4v) is 7.08. The van der Waals surface area contributed by atoms with E-state index in [0.29, 0.717) is 17.5 Å². The zero-order chi connectivity index (χ0) is 32.3. The Balaban J connectivity index is 1.15. The molecule has 0 unspecified atom stereocenters. The van der Waals surface area contributed by atoms with Crippen LogP contribution in [0, 0.1) is 0 Å². The lowest BCUT2D eigenvalue weighted by molar-refractivity contribution is 0.669. The summed E-state index contributed by atoms with van der Waals surface area (Å²) in [5, 5.41) is 9.09. The Kier molecular flexibility index (Phi) is 6.11. The van der Waals surface area contributed by atoms with Gasteiger partial charge in [0, 0.05) is 45.2 Å². The van der Waals surface area contributed by atoms with E-state index in [1.165, 1.54) is 21.5 Å². The van der Waals surface area contributed by atoms with E-state index < -0.39 is 0 Å². The van der Waals surface area contributed by atoms with Crippen LogP contribution in [0.2, 0.25) is 0 Å². The van der Waals surface area contributed by atoms with Crippen molar-refractivity contribution in [2.45, 2.75) is 0 Å². The van der Waals surface area contributed by atoms with Crippen LogP contribution in [-0.2, 0) is 0 Å². The van der Waals surface area contributed by atoms with E-state index in [2.05, 4.69) is 91.0 Å². The lowest BCUT2D eigenvalue weighted by Gasteiger charge is -2.12. The molecular weight excluding hydrogens is 601 g/mol. The second-order valence-corrected chi connectivity index (χ2v) is 12.3. The van der Waals surface area contributed by atoms with Crippen LogP contribution in [0.5, 0.6) is 0 Å². The summed E-state index contributed by atoms with van der Waals surface area (Å²) in [5.41, 5.74) is 6.67. The molecule has 3 heterocycles. The molecule has 49 heavy (non-hydrogen) atoms. The smallest absolute Gasteiger partial charge is 0.166 e. The van der Waals surface area contributed by atoms with Gasteiger partial charge in [0.05, 0.1) is 0 Å². The van der Waals surface area contributed by atoms with Gasteiger partial charge in [-0.05, 0) is 50.2 Å². The molecule has 0 fully saturated rings. The lowest BCUT2D eigenvalue weighted by atomic mass is 9.96. The Bertz CT molecular complexity index is 2880. The molecule has 0 radical (unpaired) electrons. The van der Waals surface area contributed by atoms with Gasteiger partial charge in [-0.15, -0.1) is 0 Å². The molecule has 0 aliphatic heterocycles. The molecule has 0 saturated heterocycles. The Morgan fingerprint density at radius 3 is 1.86 bits per heavy atom. The maximum Gasteiger partial charge on any atom is 0.166 e. The van der Waals surface area contributed by atoms with Gasteiger partial charge in [0.15, 0.2) is 17.5 Å². The highest BCUT2D eigenvalue weighted by molar-refractivity contribution is 6.21. The van der Waals surface area contributed by atoms with Crippen LogP contribution >= 0.6 is 0 Å². The average Bonchev–Trinajstić information content (AvgIpc) is 3.57. The molecular formula is C44H26N4O. The fraction of sp³-hybridized carbons (Fsp3) is 0. The van der Waals surface area contributed by atoms with Gasteiger partial charge in [-0.25, -0.2) is 15.0 Å². The first kappa shape index (κ1) is 27.4. The molecule has 0 bridgehead atoms. The number of hydrogen-bond acceptors (Lipinski definition) is 5. The number of aromatic nitrogens is 4. The minimum Gasteiger partial charge on any atom is -0.456 e. The number of para-hydroxylation sites is 1. The van der Waals surface area contributed by atoms with E-state index in [1.54, 1.807) is 0 Å². The van der Waals surface area contributed by atoms with Crippen molar-refractivity contribution in [3.8, 4) is 45.3 Å². The van der Waals surface area contributed by atoms with Crippen molar-refractivity contribution in [2.24, 2.45) is 0 Å². The molecule has 0 spiro atoms. The quantitative estimate of drug-likeness (QED) is 0.182. The van der Waals surface area contributed by atoms with Gasteiger partial charge < -0.3 is 4.42 Å². The van der Waals surface area contributed by atoms with E-state index >= 15 is 0 Å². The third kappa shape index (κ3) is 4.48. The van der Waals surface area contributed by atoms with Gasteiger partial charge in [-0.3, -0.25) is 4.98 Å². The number of furan rings is 1. The van der Waals surface area contributed by atoms with Crippen molar-refractivity contribution < 1.29 is 4.42 Å². The van der Waals surface area contributed by atoms with E-state index in [4.69, 9.17) is 24.4 Å². The number of fused-ring (bicyclic) bond motifs is 8. The van der Waals surface area contributed by atoms with Crippen LogP contribution in [-0.4, -0.2) is 19.9 Å². The maximum atomic E-state index is 6.16. The third-order valence-corrected chi connectivity index (χ3v) is 9.41. The van der Waals surface area contributed by atoms with Crippen molar-refractivity contribution in [1.29, 1.82) is 0 Å². The first-order valence-corrected chi connectivity index (χ1v) is 16.3. The summed E-state index contributed by atoms with van der Waals surface area (Å²) in [7, 11) is 0.